The van der Waals surface area contributed by atoms with E-state index in [0.29, 0.717) is 11.5 Å². The molecule has 0 radical (unpaired) electrons. The van der Waals surface area contributed by atoms with Gasteiger partial charge in [0.1, 0.15) is 0 Å². The number of carbonyl (C=O) groups excluding carboxylic acids is 1. The summed E-state index contributed by atoms with van der Waals surface area (Å²) in [5, 5.41) is 5.54. The maximum Gasteiger partial charge on any atom is 0.255 e. The number of fused-ring (bicyclic) bond motifs is 1. The Morgan fingerprint density at radius 1 is 0.757 bits per heavy atom. The van der Waals surface area contributed by atoms with E-state index in [2.05, 4.69) is 59.9 Å². The summed E-state index contributed by atoms with van der Waals surface area (Å²) < 4.78 is 0. The van der Waals surface area contributed by atoms with Crippen molar-refractivity contribution in [2.75, 3.05) is 5.32 Å². The molecule has 0 bridgehead atoms. The molecule has 1 fully saturated rings. The molecular weight excluding hydrogens is 476 g/mol. The van der Waals surface area contributed by atoms with Gasteiger partial charge in [0.25, 0.3) is 5.91 Å². The summed E-state index contributed by atoms with van der Waals surface area (Å²) in [4.78, 5) is 12.9. The Bertz CT molecular complexity index is 1550. The van der Waals surface area contributed by atoms with Crippen LogP contribution < -0.4 is 11.1 Å². The van der Waals surface area contributed by atoms with Gasteiger partial charge in [0.05, 0.1) is 0 Å². The van der Waals surface area contributed by atoms with Crippen LogP contribution in [0.4, 0.5) is 5.69 Å². The van der Waals surface area contributed by atoms with E-state index >= 15 is 0 Å². The highest BCUT2D eigenvalue weighted by atomic mass is 35.5. The van der Waals surface area contributed by atoms with Gasteiger partial charge in [-0.15, -0.1) is 12.4 Å². The van der Waals surface area contributed by atoms with Crippen molar-refractivity contribution < 1.29 is 4.79 Å². The molecular formula is C33H29ClN2O. The first-order valence-electron chi connectivity index (χ1n) is 12.4. The monoisotopic (exact) mass is 504 g/mol. The number of rotatable bonds is 6. The van der Waals surface area contributed by atoms with E-state index in [9.17, 15) is 4.79 Å². The molecule has 0 aromatic heterocycles. The number of hydrogen-bond acceptors (Lipinski definition) is 2. The number of halogens is 1. The maximum absolute atomic E-state index is 12.9. The Hall–Kier alpha value is -3.92. The second-order valence-corrected chi connectivity index (χ2v) is 9.87. The molecule has 0 heterocycles. The molecule has 2 atom stereocenters. The number of benzene rings is 5. The molecule has 0 spiro atoms. The van der Waals surface area contributed by atoms with E-state index in [1.165, 1.54) is 21.9 Å². The predicted octanol–water partition coefficient (Wildman–Crippen LogP) is 7.61. The fraction of sp³-hybridized carbons (Fsp3) is 0.121. The van der Waals surface area contributed by atoms with Crippen molar-refractivity contribution in [1.82, 2.24) is 0 Å². The van der Waals surface area contributed by atoms with Crippen LogP contribution in [0.25, 0.3) is 21.9 Å². The molecule has 0 aliphatic heterocycles. The average Bonchev–Trinajstić information content (AvgIpc) is 3.59. The zero-order valence-corrected chi connectivity index (χ0v) is 21.2. The Balaban J connectivity index is 0.00000280. The molecule has 1 amide bonds. The van der Waals surface area contributed by atoms with Gasteiger partial charge in [-0.05, 0) is 70.1 Å². The molecule has 1 aliphatic carbocycles. The zero-order valence-electron chi connectivity index (χ0n) is 20.4. The number of carbonyl (C=O) groups is 1. The zero-order chi connectivity index (χ0) is 24.5. The van der Waals surface area contributed by atoms with Crippen LogP contribution in [0.1, 0.15) is 33.8 Å². The van der Waals surface area contributed by atoms with Gasteiger partial charge in [0.15, 0.2) is 0 Å². The van der Waals surface area contributed by atoms with Crippen LogP contribution in [-0.2, 0) is 6.42 Å². The molecule has 1 aliphatic rings. The summed E-state index contributed by atoms with van der Waals surface area (Å²) in [6, 6.07) is 41.0. The summed E-state index contributed by atoms with van der Waals surface area (Å²) in [6.07, 6.45) is 1.83. The Morgan fingerprint density at radius 2 is 1.46 bits per heavy atom. The van der Waals surface area contributed by atoms with E-state index in [1.807, 2.05) is 66.7 Å². The summed E-state index contributed by atoms with van der Waals surface area (Å²) in [5.74, 6) is 0.215. The van der Waals surface area contributed by atoms with Crippen molar-refractivity contribution in [2.24, 2.45) is 5.73 Å². The molecule has 4 heteroatoms. The fourth-order valence-corrected chi connectivity index (χ4v) is 5.17. The molecule has 6 rings (SSSR count). The molecule has 3 nitrogen and oxygen atoms in total. The van der Waals surface area contributed by atoms with Gasteiger partial charge >= 0.3 is 0 Å². The molecule has 5 aromatic carbocycles. The summed E-state index contributed by atoms with van der Waals surface area (Å²) in [6.45, 7) is 0. The molecule has 2 unspecified atom stereocenters. The molecule has 37 heavy (non-hydrogen) atoms. The lowest BCUT2D eigenvalue weighted by Crippen LogP contribution is -2.27. The van der Waals surface area contributed by atoms with Gasteiger partial charge in [0.2, 0.25) is 0 Å². The second kappa shape index (κ2) is 10.2. The van der Waals surface area contributed by atoms with Gasteiger partial charge in [0, 0.05) is 22.7 Å². The van der Waals surface area contributed by atoms with Crippen molar-refractivity contribution in [1.29, 1.82) is 0 Å². The predicted molar refractivity (Wildman–Crippen MR) is 155 cm³/mol. The standard InChI is InChI=1S/C33H28N2O.ClH/c34-33(21-23-13-14-25-9-4-5-10-27(25)19-23)22-31(33)26-15-17-30(18-16-26)35-32(36)29-12-6-11-28(20-29)24-7-2-1-3-8-24;/h1-20,31H,21-22,34H2,(H,35,36);1H. The van der Waals surface area contributed by atoms with Crippen molar-refractivity contribution in [3.63, 3.8) is 0 Å². The van der Waals surface area contributed by atoms with Crippen molar-refractivity contribution in [3.05, 3.63) is 138 Å². The minimum absolute atomic E-state index is 0. The number of amides is 1. The van der Waals surface area contributed by atoms with Gasteiger partial charge < -0.3 is 11.1 Å². The molecule has 0 saturated heterocycles. The molecule has 1 saturated carbocycles. The van der Waals surface area contributed by atoms with Gasteiger partial charge in [-0.2, -0.15) is 0 Å². The highest BCUT2D eigenvalue weighted by molar-refractivity contribution is 6.05. The van der Waals surface area contributed by atoms with Crippen molar-refractivity contribution in [2.45, 2.75) is 24.3 Å². The third kappa shape index (κ3) is 5.29. The van der Waals surface area contributed by atoms with E-state index in [0.717, 1.165) is 29.7 Å². The Morgan fingerprint density at radius 3 is 2.24 bits per heavy atom. The fourth-order valence-electron chi connectivity index (χ4n) is 5.17. The van der Waals surface area contributed by atoms with E-state index in [1.54, 1.807) is 0 Å². The minimum Gasteiger partial charge on any atom is -0.324 e. The third-order valence-electron chi connectivity index (χ3n) is 7.27. The number of nitrogens with two attached hydrogens (primary N) is 1. The number of nitrogens with one attached hydrogen (secondary N) is 1. The quantitative estimate of drug-likeness (QED) is 0.250. The normalized spacial score (nSPS) is 18.1. The van der Waals surface area contributed by atoms with E-state index < -0.39 is 0 Å². The third-order valence-corrected chi connectivity index (χ3v) is 7.27. The lowest BCUT2D eigenvalue weighted by Gasteiger charge is -2.13. The first kappa shape index (κ1) is 24.8. The van der Waals surface area contributed by atoms with Gasteiger partial charge in [-0.1, -0.05) is 97.1 Å². The lowest BCUT2D eigenvalue weighted by atomic mass is 9.97. The van der Waals surface area contributed by atoms with Crippen molar-refractivity contribution in [3.8, 4) is 11.1 Å². The van der Waals surface area contributed by atoms with Crippen LogP contribution in [-0.4, -0.2) is 11.4 Å². The summed E-state index contributed by atoms with van der Waals surface area (Å²) in [7, 11) is 0. The topological polar surface area (TPSA) is 55.1 Å². The highest BCUT2D eigenvalue weighted by Gasteiger charge is 2.51. The SMILES string of the molecule is Cl.NC1(Cc2ccc3ccccc3c2)CC1c1ccc(NC(=O)c2cccc(-c3ccccc3)c2)cc1. The number of anilines is 1. The first-order valence-corrected chi connectivity index (χ1v) is 12.4. The summed E-state index contributed by atoms with van der Waals surface area (Å²) in [5.41, 5.74) is 12.6. The highest BCUT2D eigenvalue weighted by Crippen LogP contribution is 2.51. The van der Waals surface area contributed by atoms with Gasteiger partial charge in [-0.25, -0.2) is 0 Å². The minimum atomic E-state index is -0.217. The van der Waals surface area contributed by atoms with Crippen molar-refractivity contribution >= 4 is 34.8 Å². The van der Waals surface area contributed by atoms with Crippen LogP contribution in [0.5, 0.6) is 0 Å². The van der Waals surface area contributed by atoms with E-state index in [-0.39, 0.29) is 23.9 Å². The van der Waals surface area contributed by atoms with E-state index in [4.69, 9.17) is 5.73 Å². The number of hydrogen-bond donors (Lipinski definition) is 2. The second-order valence-electron chi connectivity index (χ2n) is 9.87. The maximum atomic E-state index is 12.9. The van der Waals surface area contributed by atoms with Gasteiger partial charge in [-0.3, -0.25) is 4.79 Å². The van der Waals surface area contributed by atoms with Crippen LogP contribution >= 0.6 is 12.4 Å². The Labute approximate surface area is 223 Å². The smallest absolute Gasteiger partial charge is 0.255 e. The molecule has 3 N–H and O–H groups in total. The summed E-state index contributed by atoms with van der Waals surface area (Å²) >= 11 is 0. The lowest BCUT2D eigenvalue weighted by molar-refractivity contribution is 0.102. The first-order chi connectivity index (χ1) is 17.6. The largest absolute Gasteiger partial charge is 0.324 e. The molecule has 184 valence electrons. The molecule has 5 aromatic rings. The Kier molecular flexibility index (Phi) is 6.84. The van der Waals surface area contributed by atoms with Crippen LogP contribution in [0.15, 0.2) is 121 Å². The average molecular weight is 505 g/mol. The van der Waals surface area contributed by atoms with Crippen LogP contribution in [0, 0.1) is 0 Å². The van der Waals surface area contributed by atoms with Crippen LogP contribution in [0.2, 0.25) is 0 Å². The van der Waals surface area contributed by atoms with Crippen LogP contribution in [0.3, 0.4) is 0 Å².